The van der Waals surface area contributed by atoms with Crippen LogP contribution in [0.15, 0.2) is 12.1 Å². The predicted molar refractivity (Wildman–Crippen MR) is 124 cm³/mol. The van der Waals surface area contributed by atoms with Gasteiger partial charge in [0, 0.05) is 12.5 Å². The first-order valence-electron chi connectivity index (χ1n) is 10.9. The molecule has 2 fully saturated rings. The second kappa shape index (κ2) is 7.85. The highest BCUT2D eigenvalue weighted by Crippen LogP contribution is 2.54. The SMILES string of the molecule is Cc1c(N2C(=O)N3CC[C@H](C(C)(C)C)[C@@H]3[C@]2(O[SiH](C)C)C(C)C)ccc(C#N)c1Cl. The maximum atomic E-state index is 13.9. The zero-order valence-corrected chi connectivity index (χ0v) is 21.3. The largest absolute Gasteiger partial charge is 0.396 e. The van der Waals surface area contributed by atoms with Crippen LogP contribution in [0, 0.1) is 35.5 Å². The molecule has 2 aliphatic rings. The topological polar surface area (TPSA) is 56.6 Å². The molecule has 7 heteroatoms. The standard InChI is InChI=1S/C23H34ClN3O2Si/c1-14(2)23(29-30(7)8)20-17(22(4,5)6)11-12-26(20)21(28)27(23)18-10-9-16(13-25)19(24)15(18)3/h9-10,14,17,20,30H,11-12H2,1-8H3/t17-,20+,23+/m0/s1. The molecule has 0 aliphatic carbocycles. The van der Waals surface area contributed by atoms with Gasteiger partial charge >= 0.3 is 6.03 Å². The van der Waals surface area contributed by atoms with Crippen molar-refractivity contribution in [2.24, 2.45) is 17.3 Å². The van der Waals surface area contributed by atoms with E-state index in [1.165, 1.54) is 0 Å². The van der Waals surface area contributed by atoms with Gasteiger partial charge in [-0.25, -0.2) is 4.79 Å². The normalized spacial score (nSPS) is 26.7. The zero-order chi connectivity index (χ0) is 22.6. The number of amides is 2. The van der Waals surface area contributed by atoms with Crippen LogP contribution in [-0.2, 0) is 4.43 Å². The molecule has 2 heterocycles. The number of hydrogen-bond donors (Lipinski definition) is 0. The van der Waals surface area contributed by atoms with E-state index in [9.17, 15) is 10.1 Å². The second-order valence-electron chi connectivity index (χ2n) is 10.3. The lowest BCUT2D eigenvalue weighted by Crippen LogP contribution is -2.62. The Bertz CT molecular complexity index is 890. The van der Waals surface area contributed by atoms with Crippen LogP contribution in [-0.4, -0.2) is 38.3 Å². The molecule has 0 bridgehead atoms. The van der Waals surface area contributed by atoms with Crippen LogP contribution in [0.25, 0.3) is 0 Å². The van der Waals surface area contributed by atoms with E-state index in [0.717, 1.165) is 24.2 Å². The average Bonchev–Trinajstić information content (AvgIpc) is 3.17. The molecule has 2 aliphatic heterocycles. The third kappa shape index (κ3) is 3.35. The molecule has 0 radical (unpaired) electrons. The van der Waals surface area contributed by atoms with E-state index in [1.807, 2.05) is 22.8 Å². The van der Waals surface area contributed by atoms with Crippen LogP contribution < -0.4 is 4.90 Å². The maximum Gasteiger partial charge on any atom is 0.327 e. The monoisotopic (exact) mass is 447 g/mol. The minimum atomic E-state index is -1.52. The molecule has 3 rings (SSSR count). The van der Waals surface area contributed by atoms with Gasteiger partial charge in [0.25, 0.3) is 0 Å². The summed E-state index contributed by atoms with van der Waals surface area (Å²) in [6.45, 7) is 18.0. The summed E-state index contributed by atoms with van der Waals surface area (Å²) in [4.78, 5) is 17.8. The molecule has 30 heavy (non-hydrogen) atoms. The lowest BCUT2D eigenvalue weighted by molar-refractivity contribution is -0.0339. The number of carbonyl (C=O) groups is 1. The van der Waals surface area contributed by atoms with Crippen LogP contribution >= 0.6 is 11.6 Å². The van der Waals surface area contributed by atoms with Gasteiger partial charge in [-0.05, 0) is 55.5 Å². The Morgan fingerprint density at radius 1 is 1.33 bits per heavy atom. The smallest absolute Gasteiger partial charge is 0.327 e. The van der Waals surface area contributed by atoms with Crippen molar-refractivity contribution in [3.8, 4) is 6.07 Å². The summed E-state index contributed by atoms with van der Waals surface area (Å²) in [5.74, 6) is 0.416. The van der Waals surface area contributed by atoms with Gasteiger partial charge in [-0.3, -0.25) is 4.90 Å². The van der Waals surface area contributed by atoms with Crippen molar-refractivity contribution in [2.45, 2.75) is 72.8 Å². The van der Waals surface area contributed by atoms with Crippen molar-refractivity contribution in [3.63, 3.8) is 0 Å². The van der Waals surface area contributed by atoms with Crippen LogP contribution in [0.5, 0.6) is 0 Å². The van der Waals surface area contributed by atoms with Crippen LogP contribution in [0.4, 0.5) is 10.5 Å². The third-order valence-electron chi connectivity index (χ3n) is 6.69. The summed E-state index contributed by atoms with van der Waals surface area (Å²) >= 11 is 6.52. The molecule has 0 saturated carbocycles. The highest BCUT2D eigenvalue weighted by atomic mass is 35.5. The van der Waals surface area contributed by atoms with Gasteiger partial charge in [-0.2, -0.15) is 5.26 Å². The van der Waals surface area contributed by atoms with Crippen LogP contribution in [0.3, 0.4) is 0 Å². The summed E-state index contributed by atoms with van der Waals surface area (Å²) < 4.78 is 6.88. The lowest BCUT2D eigenvalue weighted by Gasteiger charge is -2.49. The van der Waals surface area contributed by atoms with Crippen molar-refractivity contribution in [1.29, 1.82) is 5.26 Å². The highest BCUT2D eigenvalue weighted by molar-refractivity contribution is 6.48. The van der Waals surface area contributed by atoms with E-state index in [-0.39, 0.29) is 23.4 Å². The van der Waals surface area contributed by atoms with E-state index >= 15 is 0 Å². The van der Waals surface area contributed by atoms with E-state index < -0.39 is 14.8 Å². The number of hydrogen-bond acceptors (Lipinski definition) is 3. The average molecular weight is 448 g/mol. The number of nitrogens with zero attached hydrogens (tertiary/aromatic N) is 3. The molecular formula is C23H34ClN3O2Si. The molecule has 0 unspecified atom stereocenters. The molecule has 2 saturated heterocycles. The van der Waals surface area contributed by atoms with Gasteiger partial charge in [0.15, 0.2) is 14.8 Å². The molecule has 164 valence electrons. The number of benzene rings is 1. The number of halogens is 1. The van der Waals surface area contributed by atoms with Crippen molar-refractivity contribution < 1.29 is 9.22 Å². The number of nitriles is 1. The van der Waals surface area contributed by atoms with E-state index in [2.05, 4.69) is 53.8 Å². The molecule has 1 aromatic carbocycles. The van der Waals surface area contributed by atoms with Gasteiger partial charge in [0.05, 0.1) is 22.3 Å². The van der Waals surface area contributed by atoms with E-state index in [4.69, 9.17) is 16.0 Å². The number of rotatable bonds is 4. The lowest BCUT2D eigenvalue weighted by atomic mass is 9.71. The van der Waals surface area contributed by atoms with Crippen molar-refractivity contribution in [1.82, 2.24) is 4.90 Å². The molecule has 0 spiro atoms. The molecular weight excluding hydrogens is 414 g/mol. The quantitative estimate of drug-likeness (QED) is 0.568. The molecule has 0 aromatic heterocycles. The summed E-state index contributed by atoms with van der Waals surface area (Å²) in [6.07, 6.45) is 0.984. The maximum absolute atomic E-state index is 13.9. The Kier molecular flexibility index (Phi) is 6.05. The van der Waals surface area contributed by atoms with Gasteiger partial charge in [-0.15, -0.1) is 0 Å². The van der Waals surface area contributed by atoms with Crippen LogP contribution in [0.1, 0.15) is 52.2 Å². The predicted octanol–water partition coefficient (Wildman–Crippen LogP) is 5.55. The number of fused-ring (bicyclic) bond motifs is 1. The van der Waals surface area contributed by atoms with Crippen molar-refractivity contribution in [3.05, 3.63) is 28.3 Å². The molecule has 2 amide bonds. The first-order valence-corrected chi connectivity index (χ1v) is 14.0. The first-order chi connectivity index (χ1) is 13.9. The van der Waals surface area contributed by atoms with Crippen molar-refractivity contribution >= 4 is 32.4 Å². The fourth-order valence-corrected chi connectivity index (χ4v) is 6.84. The molecule has 1 aromatic rings. The minimum Gasteiger partial charge on any atom is -0.396 e. The molecule has 0 N–H and O–H groups in total. The van der Waals surface area contributed by atoms with E-state index in [1.54, 1.807) is 6.07 Å². The molecule has 3 atom stereocenters. The number of anilines is 1. The Morgan fingerprint density at radius 3 is 2.47 bits per heavy atom. The van der Waals surface area contributed by atoms with Crippen LogP contribution in [0.2, 0.25) is 18.1 Å². The second-order valence-corrected chi connectivity index (χ2v) is 13.0. The molecule has 5 nitrogen and oxygen atoms in total. The number of urea groups is 1. The van der Waals surface area contributed by atoms with Gasteiger partial charge in [-0.1, -0.05) is 46.2 Å². The Hall–Kier alpha value is -1.55. The van der Waals surface area contributed by atoms with Crippen molar-refractivity contribution in [2.75, 3.05) is 11.4 Å². The van der Waals surface area contributed by atoms with Gasteiger partial charge in [0.2, 0.25) is 0 Å². The summed E-state index contributed by atoms with van der Waals surface area (Å²) in [5, 5.41) is 9.78. The minimum absolute atomic E-state index is 0.0148. The Labute approximate surface area is 187 Å². The zero-order valence-electron chi connectivity index (χ0n) is 19.4. The van der Waals surface area contributed by atoms with Gasteiger partial charge < -0.3 is 9.33 Å². The Balaban J connectivity index is 2.28. The summed E-state index contributed by atoms with van der Waals surface area (Å²) in [6, 6.07) is 5.67. The third-order valence-corrected chi connectivity index (χ3v) is 8.03. The fourth-order valence-electron chi connectivity index (χ4n) is 5.37. The fraction of sp³-hybridized carbons (Fsp3) is 0.652. The highest BCUT2D eigenvalue weighted by Gasteiger charge is 2.66. The van der Waals surface area contributed by atoms with E-state index in [0.29, 0.717) is 16.5 Å². The Morgan fingerprint density at radius 2 is 1.97 bits per heavy atom. The summed E-state index contributed by atoms with van der Waals surface area (Å²) in [7, 11) is -1.52. The summed E-state index contributed by atoms with van der Waals surface area (Å²) in [5.41, 5.74) is 1.21. The van der Waals surface area contributed by atoms with Gasteiger partial charge in [0.1, 0.15) is 6.07 Å². The first kappa shape index (κ1) is 23.1. The number of carbonyl (C=O) groups excluding carboxylic acids is 1.